The first kappa shape index (κ1) is 15.5. The van der Waals surface area contributed by atoms with Gasteiger partial charge in [-0.05, 0) is 50.7 Å². The summed E-state index contributed by atoms with van der Waals surface area (Å²) in [5.41, 5.74) is 4.44. The van der Waals surface area contributed by atoms with Crippen molar-refractivity contribution in [1.29, 1.82) is 0 Å². The Morgan fingerprint density at radius 3 is 2.43 bits per heavy atom. The third-order valence-corrected chi connectivity index (χ3v) is 4.41. The third-order valence-electron chi connectivity index (χ3n) is 4.41. The minimum Gasteiger partial charge on any atom is -0.355 e. The van der Waals surface area contributed by atoms with Crippen molar-refractivity contribution in [2.45, 2.75) is 39.5 Å². The van der Waals surface area contributed by atoms with Gasteiger partial charge in [-0.25, -0.2) is 0 Å². The van der Waals surface area contributed by atoms with Crippen LogP contribution in [-0.4, -0.2) is 16.6 Å². The van der Waals surface area contributed by atoms with Gasteiger partial charge >= 0.3 is 0 Å². The molecule has 1 aliphatic carbocycles. The molecule has 2 aromatic rings. The van der Waals surface area contributed by atoms with Crippen molar-refractivity contribution in [2.75, 3.05) is 0 Å². The molecule has 0 amide bonds. The van der Waals surface area contributed by atoms with Crippen LogP contribution in [0.3, 0.4) is 0 Å². The molecule has 118 valence electrons. The number of aromatic amines is 1. The van der Waals surface area contributed by atoms with Crippen LogP contribution in [0, 0.1) is 6.92 Å². The number of benzene rings is 1. The number of carbonyl (C=O) groups excluding carboxylic acids is 2. The topological polar surface area (TPSA) is 49.9 Å². The quantitative estimate of drug-likeness (QED) is 0.819. The Morgan fingerprint density at radius 1 is 1.09 bits per heavy atom. The molecule has 0 aliphatic heterocycles. The van der Waals surface area contributed by atoms with Gasteiger partial charge in [0.1, 0.15) is 0 Å². The molecule has 1 aromatic heterocycles. The molecule has 3 heteroatoms. The van der Waals surface area contributed by atoms with Gasteiger partial charge in [0.2, 0.25) is 5.78 Å². The summed E-state index contributed by atoms with van der Waals surface area (Å²) in [6.45, 7) is 3.41. The van der Waals surface area contributed by atoms with Crippen molar-refractivity contribution >= 4 is 11.6 Å². The maximum absolute atomic E-state index is 13.0. The lowest BCUT2D eigenvalue weighted by molar-refractivity contribution is 0.101. The van der Waals surface area contributed by atoms with Crippen LogP contribution in [0.4, 0.5) is 0 Å². The van der Waals surface area contributed by atoms with E-state index < -0.39 is 0 Å². The Kier molecular flexibility index (Phi) is 4.28. The molecule has 0 radical (unpaired) electrons. The van der Waals surface area contributed by atoms with Crippen molar-refractivity contribution < 1.29 is 9.59 Å². The highest BCUT2D eigenvalue weighted by Gasteiger charge is 2.26. The van der Waals surface area contributed by atoms with Gasteiger partial charge in [0.25, 0.3) is 0 Å². The van der Waals surface area contributed by atoms with Gasteiger partial charge < -0.3 is 4.98 Å². The SMILES string of the molecule is CC(=O)c1c(C)[nH]c(C(=O)C2=CCCCC2)c1-c1ccccc1. The van der Waals surface area contributed by atoms with Gasteiger partial charge in [0.05, 0.1) is 5.69 Å². The van der Waals surface area contributed by atoms with Crippen LogP contribution in [-0.2, 0) is 0 Å². The number of Topliss-reactive ketones (excluding diaryl/α,β-unsaturated/α-hetero) is 2. The molecule has 0 bridgehead atoms. The number of aryl methyl sites for hydroxylation is 1. The minimum atomic E-state index is -0.0192. The van der Waals surface area contributed by atoms with E-state index in [9.17, 15) is 9.59 Å². The molecule has 0 spiro atoms. The predicted molar refractivity (Wildman–Crippen MR) is 91.9 cm³/mol. The van der Waals surface area contributed by atoms with E-state index in [-0.39, 0.29) is 11.6 Å². The zero-order valence-corrected chi connectivity index (χ0v) is 13.6. The predicted octanol–water partition coefficient (Wildman–Crippen LogP) is 4.88. The second-order valence-electron chi connectivity index (χ2n) is 6.10. The zero-order chi connectivity index (χ0) is 16.4. The Balaban J connectivity index is 2.17. The van der Waals surface area contributed by atoms with Crippen molar-refractivity contribution in [3.63, 3.8) is 0 Å². The average molecular weight is 307 g/mol. The van der Waals surface area contributed by atoms with Crippen LogP contribution < -0.4 is 0 Å². The normalized spacial score (nSPS) is 14.4. The van der Waals surface area contributed by atoms with Crippen LogP contribution in [0.5, 0.6) is 0 Å². The maximum Gasteiger partial charge on any atom is 0.205 e. The number of hydrogen-bond acceptors (Lipinski definition) is 2. The summed E-state index contributed by atoms with van der Waals surface area (Å²) in [4.78, 5) is 28.3. The fourth-order valence-corrected chi connectivity index (χ4v) is 3.33. The molecule has 3 nitrogen and oxygen atoms in total. The molecule has 0 atom stereocenters. The molecule has 1 aromatic carbocycles. The number of aromatic nitrogens is 1. The molecule has 0 saturated carbocycles. The summed E-state index contributed by atoms with van der Waals surface area (Å²) >= 11 is 0. The second-order valence-corrected chi connectivity index (χ2v) is 6.10. The molecule has 0 fully saturated rings. The van der Waals surface area contributed by atoms with Crippen molar-refractivity contribution in [2.24, 2.45) is 0 Å². The minimum absolute atomic E-state index is 0.0192. The van der Waals surface area contributed by atoms with E-state index in [1.807, 2.05) is 43.3 Å². The van der Waals surface area contributed by atoms with E-state index in [0.717, 1.165) is 48.1 Å². The highest BCUT2D eigenvalue weighted by atomic mass is 16.1. The standard InChI is InChI=1S/C20H21NO2/c1-13-17(14(2)22)18(15-9-5-3-6-10-15)19(21-13)20(23)16-11-7-4-8-12-16/h3,5-6,9-11,21H,4,7-8,12H2,1-2H3. The summed E-state index contributed by atoms with van der Waals surface area (Å²) in [5, 5.41) is 0. The van der Waals surface area contributed by atoms with Crippen LogP contribution in [0.25, 0.3) is 11.1 Å². The molecule has 0 unspecified atom stereocenters. The first-order valence-corrected chi connectivity index (χ1v) is 8.12. The first-order valence-electron chi connectivity index (χ1n) is 8.12. The Hall–Kier alpha value is -2.42. The number of allylic oxidation sites excluding steroid dienone is 2. The van der Waals surface area contributed by atoms with E-state index in [0.29, 0.717) is 11.3 Å². The van der Waals surface area contributed by atoms with Crippen molar-refractivity contribution in [1.82, 2.24) is 4.98 Å². The van der Waals surface area contributed by atoms with E-state index in [2.05, 4.69) is 4.98 Å². The van der Waals surface area contributed by atoms with Crippen LogP contribution in [0.2, 0.25) is 0 Å². The molecule has 0 saturated heterocycles. The van der Waals surface area contributed by atoms with Crippen molar-refractivity contribution in [3.05, 3.63) is 58.9 Å². The second kappa shape index (κ2) is 6.37. The Labute approximate surface area is 136 Å². The first-order chi connectivity index (χ1) is 11.1. The molecule has 1 heterocycles. The molecule has 1 aliphatic rings. The number of ketones is 2. The maximum atomic E-state index is 13.0. The highest BCUT2D eigenvalue weighted by molar-refractivity contribution is 6.15. The number of carbonyl (C=O) groups is 2. The largest absolute Gasteiger partial charge is 0.355 e. The van der Waals surface area contributed by atoms with Gasteiger partial charge in [-0.1, -0.05) is 36.4 Å². The summed E-state index contributed by atoms with van der Waals surface area (Å²) in [7, 11) is 0. The van der Waals surface area contributed by atoms with Gasteiger partial charge in [0.15, 0.2) is 5.78 Å². The molecular formula is C20H21NO2. The Bertz CT molecular complexity index is 781. The third kappa shape index (κ3) is 2.91. The number of nitrogens with one attached hydrogen (secondary N) is 1. The van der Waals surface area contributed by atoms with Gasteiger partial charge in [-0.15, -0.1) is 0 Å². The molecular weight excluding hydrogens is 286 g/mol. The van der Waals surface area contributed by atoms with E-state index in [4.69, 9.17) is 0 Å². The summed E-state index contributed by atoms with van der Waals surface area (Å²) < 4.78 is 0. The van der Waals surface area contributed by atoms with Gasteiger partial charge in [0, 0.05) is 16.8 Å². The van der Waals surface area contributed by atoms with Crippen LogP contribution >= 0.6 is 0 Å². The fraction of sp³-hybridized carbons (Fsp3) is 0.300. The summed E-state index contributed by atoms with van der Waals surface area (Å²) in [6, 6.07) is 9.68. The summed E-state index contributed by atoms with van der Waals surface area (Å²) in [6.07, 6.45) is 6.02. The molecule has 1 N–H and O–H groups in total. The van der Waals surface area contributed by atoms with E-state index in [1.165, 1.54) is 0 Å². The monoisotopic (exact) mass is 307 g/mol. The highest BCUT2D eigenvalue weighted by Crippen LogP contribution is 2.33. The lowest BCUT2D eigenvalue weighted by Crippen LogP contribution is -2.08. The van der Waals surface area contributed by atoms with Gasteiger partial charge in [-0.3, -0.25) is 9.59 Å². The fourth-order valence-electron chi connectivity index (χ4n) is 3.33. The molecule has 3 rings (SSSR count). The number of rotatable bonds is 4. The van der Waals surface area contributed by atoms with Gasteiger partial charge in [-0.2, -0.15) is 0 Å². The number of hydrogen-bond donors (Lipinski definition) is 1. The van der Waals surface area contributed by atoms with Crippen LogP contribution in [0.15, 0.2) is 42.0 Å². The lowest BCUT2D eigenvalue weighted by Gasteiger charge is -2.12. The average Bonchev–Trinajstić information content (AvgIpc) is 2.93. The van der Waals surface area contributed by atoms with E-state index in [1.54, 1.807) is 6.92 Å². The zero-order valence-electron chi connectivity index (χ0n) is 13.6. The van der Waals surface area contributed by atoms with Crippen LogP contribution in [0.1, 0.15) is 59.1 Å². The summed E-state index contributed by atoms with van der Waals surface area (Å²) in [5.74, 6) is 0.00781. The molecule has 23 heavy (non-hydrogen) atoms. The Morgan fingerprint density at radius 2 is 1.83 bits per heavy atom. The smallest absolute Gasteiger partial charge is 0.205 e. The number of H-pyrrole nitrogens is 1. The van der Waals surface area contributed by atoms with Crippen molar-refractivity contribution in [3.8, 4) is 11.1 Å². The van der Waals surface area contributed by atoms with E-state index >= 15 is 0 Å². The lowest BCUT2D eigenvalue weighted by atomic mass is 9.91.